The minimum atomic E-state index is -0.234. The van der Waals surface area contributed by atoms with E-state index >= 15 is 0 Å². The van der Waals surface area contributed by atoms with Crippen LogP contribution in [-0.4, -0.2) is 25.8 Å². The highest BCUT2D eigenvalue weighted by molar-refractivity contribution is 5.73. The summed E-state index contributed by atoms with van der Waals surface area (Å²) in [5.41, 5.74) is 0. The molecule has 0 aliphatic carbocycles. The van der Waals surface area contributed by atoms with Crippen LogP contribution in [0.15, 0.2) is 12.7 Å². The summed E-state index contributed by atoms with van der Waals surface area (Å²) in [4.78, 5) is 11.4. The Morgan fingerprint density at radius 2 is 2.23 bits per heavy atom. The molecule has 13 heavy (non-hydrogen) atoms. The second-order valence-corrected chi connectivity index (χ2v) is 2.82. The molecule has 76 valence electrons. The summed E-state index contributed by atoms with van der Waals surface area (Å²) < 4.78 is 10.00. The Morgan fingerprint density at radius 1 is 1.62 bits per heavy atom. The Morgan fingerprint density at radius 3 is 2.62 bits per heavy atom. The summed E-state index contributed by atoms with van der Waals surface area (Å²) in [6, 6.07) is 0. The molecule has 0 saturated carbocycles. The molecule has 2 atom stereocenters. The van der Waals surface area contributed by atoms with Gasteiger partial charge >= 0.3 is 5.97 Å². The van der Waals surface area contributed by atoms with Crippen molar-refractivity contribution < 1.29 is 14.3 Å². The monoisotopic (exact) mass is 186 g/mol. The zero-order valence-electron chi connectivity index (χ0n) is 8.58. The lowest BCUT2D eigenvalue weighted by Gasteiger charge is -2.19. The van der Waals surface area contributed by atoms with Gasteiger partial charge < -0.3 is 9.47 Å². The van der Waals surface area contributed by atoms with Crippen molar-refractivity contribution in [3.05, 3.63) is 12.7 Å². The molecule has 0 aliphatic rings. The van der Waals surface area contributed by atoms with Gasteiger partial charge in [-0.3, -0.25) is 4.79 Å². The van der Waals surface area contributed by atoms with Gasteiger partial charge in [0, 0.05) is 7.11 Å². The Balaban J connectivity index is 4.21. The SMILES string of the molecule is C=CC[C@@H](C(=O)OCC)[C@H](C)OC. The number of carbonyl (C=O) groups excluding carboxylic acids is 1. The van der Waals surface area contributed by atoms with Crippen molar-refractivity contribution >= 4 is 5.97 Å². The number of rotatable bonds is 6. The lowest BCUT2D eigenvalue weighted by molar-refractivity contribution is -0.152. The van der Waals surface area contributed by atoms with Crippen molar-refractivity contribution in [3.63, 3.8) is 0 Å². The van der Waals surface area contributed by atoms with E-state index in [1.54, 1.807) is 20.1 Å². The van der Waals surface area contributed by atoms with Crippen molar-refractivity contribution in [2.75, 3.05) is 13.7 Å². The van der Waals surface area contributed by atoms with Crippen molar-refractivity contribution in [1.29, 1.82) is 0 Å². The molecule has 0 aliphatic heterocycles. The van der Waals surface area contributed by atoms with E-state index in [1.165, 1.54) is 0 Å². The van der Waals surface area contributed by atoms with Crippen LogP contribution < -0.4 is 0 Å². The third kappa shape index (κ3) is 4.08. The first-order valence-electron chi connectivity index (χ1n) is 4.47. The summed E-state index contributed by atoms with van der Waals surface area (Å²) in [5, 5.41) is 0. The number of esters is 1. The van der Waals surface area contributed by atoms with Crippen molar-refractivity contribution in [2.24, 2.45) is 5.92 Å². The average molecular weight is 186 g/mol. The first kappa shape index (κ1) is 12.2. The van der Waals surface area contributed by atoms with Crippen LogP contribution >= 0.6 is 0 Å². The second-order valence-electron chi connectivity index (χ2n) is 2.82. The quantitative estimate of drug-likeness (QED) is 0.468. The molecule has 0 aromatic rings. The van der Waals surface area contributed by atoms with Crippen LogP contribution in [0.1, 0.15) is 20.3 Å². The molecule has 3 nitrogen and oxygen atoms in total. The van der Waals surface area contributed by atoms with Crippen LogP contribution in [0.2, 0.25) is 0 Å². The third-order valence-corrected chi connectivity index (χ3v) is 1.95. The molecule has 0 bridgehead atoms. The highest BCUT2D eigenvalue weighted by Crippen LogP contribution is 2.14. The number of ether oxygens (including phenoxy) is 2. The number of hydrogen-bond acceptors (Lipinski definition) is 3. The number of methoxy groups -OCH3 is 1. The Labute approximate surface area is 79.7 Å². The Hall–Kier alpha value is -0.830. The number of allylic oxidation sites excluding steroid dienone is 1. The zero-order valence-corrected chi connectivity index (χ0v) is 8.58. The maximum absolute atomic E-state index is 11.4. The topological polar surface area (TPSA) is 35.5 Å². The molecule has 0 saturated heterocycles. The van der Waals surface area contributed by atoms with Crippen LogP contribution in [-0.2, 0) is 14.3 Å². The number of hydrogen-bond donors (Lipinski definition) is 0. The molecule has 0 spiro atoms. The Kier molecular flexibility index (Phi) is 6.24. The summed E-state index contributed by atoms with van der Waals surface area (Å²) in [7, 11) is 1.58. The van der Waals surface area contributed by atoms with E-state index in [9.17, 15) is 4.79 Å². The first-order chi connectivity index (χ1) is 6.17. The third-order valence-electron chi connectivity index (χ3n) is 1.95. The van der Waals surface area contributed by atoms with Crippen LogP contribution in [0.25, 0.3) is 0 Å². The molecular weight excluding hydrogens is 168 g/mol. The second kappa shape index (κ2) is 6.66. The van der Waals surface area contributed by atoms with Gasteiger partial charge in [0.15, 0.2) is 0 Å². The molecule has 0 rings (SSSR count). The fourth-order valence-corrected chi connectivity index (χ4v) is 1.07. The molecule has 0 amide bonds. The minimum Gasteiger partial charge on any atom is -0.466 e. The standard InChI is InChI=1S/C10H18O3/c1-5-7-9(8(3)12-4)10(11)13-6-2/h5,8-9H,1,6-7H2,2-4H3/t8-,9+/m0/s1. The predicted molar refractivity (Wildman–Crippen MR) is 51.4 cm³/mol. The summed E-state index contributed by atoms with van der Waals surface area (Å²) in [5.74, 6) is -0.445. The maximum Gasteiger partial charge on any atom is 0.311 e. The van der Waals surface area contributed by atoms with E-state index in [0.29, 0.717) is 13.0 Å². The highest BCUT2D eigenvalue weighted by Gasteiger charge is 2.24. The van der Waals surface area contributed by atoms with Gasteiger partial charge in [-0.1, -0.05) is 6.08 Å². The van der Waals surface area contributed by atoms with Crippen molar-refractivity contribution in [3.8, 4) is 0 Å². The van der Waals surface area contributed by atoms with E-state index < -0.39 is 0 Å². The number of carbonyl (C=O) groups is 1. The zero-order chi connectivity index (χ0) is 10.3. The van der Waals surface area contributed by atoms with E-state index in [2.05, 4.69) is 6.58 Å². The molecule has 0 unspecified atom stereocenters. The molecule has 0 fully saturated rings. The van der Waals surface area contributed by atoms with Crippen LogP contribution in [0.5, 0.6) is 0 Å². The van der Waals surface area contributed by atoms with Gasteiger partial charge in [-0.05, 0) is 20.3 Å². The molecule has 0 heterocycles. The summed E-state index contributed by atoms with van der Waals surface area (Å²) in [6.45, 7) is 7.65. The average Bonchev–Trinajstić information content (AvgIpc) is 2.13. The normalized spacial score (nSPS) is 14.7. The van der Waals surface area contributed by atoms with Crippen LogP contribution in [0.3, 0.4) is 0 Å². The van der Waals surface area contributed by atoms with E-state index in [0.717, 1.165) is 0 Å². The van der Waals surface area contributed by atoms with Crippen molar-refractivity contribution in [1.82, 2.24) is 0 Å². The largest absolute Gasteiger partial charge is 0.466 e. The van der Waals surface area contributed by atoms with Crippen LogP contribution in [0.4, 0.5) is 0 Å². The van der Waals surface area contributed by atoms with Gasteiger partial charge in [-0.2, -0.15) is 0 Å². The van der Waals surface area contributed by atoms with Gasteiger partial charge in [-0.25, -0.2) is 0 Å². The predicted octanol–water partition coefficient (Wildman–Crippen LogP) is 1.78. The molecule has 0 aromatic heterocycles. The van der Waals surface area contributed by atoms with E-state index in [-0.39, 0.29) is 18.0 Å². The van der Waals surface area contributed by atoms with E-state index in [1.807, 2.05) is 6.92 Å². The van der Waals surface area contributed by atoms with Gasteiger partial charge in [0.05, 0.1) is 18.6 Å². The van der Waals surface area contributed by atoms with Crippen LogP contribution in [0, 0.1) is 5.92 Å². The van der Waals surface area contributed by atoms with E-state index in [4.69, 9.17) is 9.47 Å². The maximum atomic E-state index is 11.4. The van der Waals surface area contributed by atoms with Gasteiger partial charge in [0.1, 0.15) is 0 Å². The van der Waals surface area contributed by atoms with Crippen molar-refractivity contribution in [2.45, 2.75) is 26.4 Å². The fourth-order valence-electron chi connectivity index (χ4n) is 1.07. The molecule has 0 radical (unpaired) electrons. The lowest BCUT2D eigenvalue weighted by Crippen LogP contribution is -2.28. The minimum absolute atomic E-state index is 0.128. The molecule has 0 aromatic carbocycles. The van der Waals surface area contributed by atoms with Gasteiger partial charge in [-0.15, -0.1) is 6.58 Å². The first-order valence-corrected chi connectivity index (χ1v) is 4.47. The molecular formula is C10H18O3. The van der Waals surface area contributed by atoms with Gasteiger partial charge in [0.25, 0.3) is 0 Å². The fraction of sp³-hybridized carbons (Fsp3) is 0.700. The summed E-state index contributed by atoms with van der Waals surface area (Å²) >= 11 is 0. The summed E-state index contributed by atoms with van der Waals surface area (Å²) in [6.07, 6.45) is 2.17. The van der Waals surface area contributed by atoms with Gasteiger partial charge in [0.2, 0.25) is 0 Å². The highest BCUT2D eigenvalue weighted by atomic mass is 16.5. The molecule has 0 N–H and O–H groups in total. The molecule has 3 heteroatoms. The lowest BCUT2D eigenvalue weighted by atomic mass is 10.00. The smallest absolute Gasteiger partial charge is 0.311 e. The Bertz CT molecular complexity index is 166.